The molecule has 0 atom stereocenters. The maximum Gasteiger partial charge on any atom is 0.270 e. The SMILES string of the molecule is CCOc1cc(Br)c(/C=C2\SC(=S)N(c3cccc(Br)c3)C2=O)cc1OC. The Hall–Kier alpha value is -1.35. The van der Waals surface area contributed by atoms with E-state index < -0.39 is 0 Å². The molecule has 0 unspecified atom stereocenters. The topological polar surface area (TPSA) is 38.8 Å². The Morgan fingerprint density at radius 2 is 2.00 bits per heavy atom. The Morgan fingerprint density at radius 1 is 1.22 bits per heavy atom. The molecule has 0 spiro atoms. The van der Waals surface area contributed by atoms with Crippen LogP contribution in [-0.4, -0.2) is 23.9 Å². The molecular weight excluding hydrogens is 514 g/mol. The molecule has 1 aliphatic heterocycles. The molecule has 2 aromatic carbocycles. The molecule has 0 radical (unpaired) electrons. The van der Waals surface area contributed by atoms with E-state index >= 15 is 0 Å². The van der Waals surface area contributed by atoms with Crippen LogP contribution >= 0.6 is 55.8 Å². The number of rotatable bonds is 5. The van der Waals surface area contributed by atoms with Crippen LogP contribution in [0.3, 0.4) is 0 Å². The number of hydrogen-bond donors (Lipinski definition) is 0. The number of benzene rings is 2. The predicted octanol–water partition coefficient (Wildman–Crippen LogP) is 6.02. The van der Waals surface area contributed by atoms with E-state index in [2.05, 4.69) is 31.9 Å². The fourth-order valence-electron chi connectivity index (χ4n) is 2.54. The molecule has 8 heteroatoms. The van der Waals surface area contributed by atoms with Gasteiger partial charge in [-0.1, -0.05) is 61.9 Å². The Kier molecular flexibility index (Phi) is 6.62. The number of anilines is 1. The first-order valence-corrected chi connectivity index (χ1v) is 10.8. The van der Waals surface area contributed by atoms with Crippen LogP contribution in [0.5, 0.6) is 11.5 Å². The largest absolute Gasteiger partial charge is 0.493 e. The van der Waals surface area contributed by atoms with Gasteiger partial charge >= 0.3 is 0 Å². The minimum absolute atomic E-state index is 0.150. The lowest BCUT2D eigenvalue weighted by molar-refractivity contribution is -0.113. The van der Waals surface area contributed by atoms with Gasteiger partial charge in [-0.15, -0.1) is 0 Å². The summed E-state index contributed by atoms with van der Waals surface area (Å²) in [5.41, 5.74) is 1.55. The number of carbonyl (C=O) groups is 1. The van der Waals surface area contributed by atoms with Crippen molar-refractivity contribution in [3.05, 3.63) is 55.8 Å². The van der Waals surface area contributed by atoms with Crippen molar-refractivity contribution in [3.63, 3.8) is 0 Å². The zero-order valence-electron chi connectivity index (χ0n) is 14.5. The molecule has 4 nitrogen and oxygen atoms in total. The van der Waals surface area contributed by atoms with Gasteiger partial charge in [0.2, 0.25) is 0 Å². The lowest BCUT2D eigenvalue weighted by Gasteiger charge is -2.14. The van der Waals surface area contributed by atoms with Crippen molar-refractivity contribution in [3.8, 4) is 11.5 Å². The number of thioether (sulfide) groups is 1. The molecule has 2 aromatic rings. The molecule has 0 N–H and O–H groups in total. The van der Waals surface area contributed by atoms with E-state index in [1.54, 1.807) is 13.2 Å². The van der Waals surface area contributed by atoms with Gasteiger partial charge in [-0.3, -0.25) is 9.69 Å². The Labute approximate surface area is 184 Å². The molecular formula is C19H15Br2NO3S2. The van der Waals surface area contributed by atoms with Crippen LogP contribution in [0, 0.1) is 0 Å². The summed E-state index contributed by atoms with van der Waals surface area (Å²) in [6, 6.07) is 11.2. The standard InChI is InChI=1S/C19H15Br2NO3S2/c1-3-25-16-10-14(21)11(7-15(16)24-2)8-17-18(23)22(19(26)27-17)13-6-4-5-12(20)9-13/h4-10H,3H2,1-2H3/b17-8-. The van der Waals surface area contributed by atoms with Crippen molar-refractivity contribution in [2.45, 2.75) is 6.92 Å². The number of nitrogens with zero attached hydrogens (tertiary/aromatic N) is 1. The van der Waals surface area contributed by atoms with Crippen LogP contribution in [0.1, 0.15) is 12.5 Å². The van der Waals surface area contributed by atoms with Crippen molar-refractivity contribution in [1.29, 1.82) is 0 Å². The third-order valence-corrected chi connectivity index (χ3v) is 6.21. The molecule has 3 rings (SSSR count). The summed E-state index contributed by atoms with van der Waals surface area (Å²) < 4.78 is 13.2. The molecule has 0 bridgehead atoms. The van der Waals surface area contributed by atoms with Gasteiger partial charge in [0, 0.05) is 8.95 Å². The molecule has 1 fully saturated rings. The van der Waals surface area contributed by atoms with Gasteiger partial charge in [-0.05, 0) is 48.9 Å². The first-order chi connectivity index (χ1) is 12.9. The monoisotopic (exact) mass is 527 g/mol. The summed E-state index contributed by atoms with van der Waals surface area (Å²) in [4.78, 5) is 15.0. The normalized spacial score (nSPS) is 15.6. The molecule has 0 saturated carbocycles. The highest BCUT2D eigenvalue weighted by atomic mass is 79.9. The number of ether oxygens (including phenoxy) is 2. The van der Waals surface area contributed by atoms with Crippen LogP contribution in [0.4, 0.5) is 5.69 Å². The smallest absolute Gasteiger partial charge is 0.270 e. The number of halogens is 2. The second-order valence-electron chi connectivity index (χ2n) is 5.45. The maximum atomic E-state index is 12.9. The predicted molar refractivity (Wildman–Crippen MR) is 122 cm³/mol. The molecule has 140 valence electrons. The van der Waals surface area contributed by atoms with Gasteiger partial charge < -0.3 is 9.47 Å². The van der Waals surface area contributed by atoms with Gasteiger partial charge in [0.1, 0.15) is 0 Å². The van der Waals surface area contributed by atoms with Gasteiger partial charge in [-0.2, -0.15) is 0 Å². The van der Waals surface area contributed by atoms with E-state index in [0.29, 0.717) is 27.3 Å². The number of methoxy groups -OCH3 is 1. The fraction of sp³-hybridized carbons (Fsp3) is 0.158. The molecule has 0 aromatic heterocycles. The van der Waals surface area contributed by atoms with Crippen molar-refractivity contribution in [2.24, 2.45) is 0 Å². The van der Waals surface area contributed by atoms with Crippen molar-refractivity contribution in [2.75, 3.05) is 18.6 Å². The molecule has 1 heterocycles. The zero-order valence-corrected chi connectivity index (χ0v) is 19.3. The lowest BCUT2D eigenvalue weighted by Crippen LogP contribution is -2.27. The zero-order chi connectivity index (χ0) is 19.6. The summed E-state index contributed by atoms with van der Waals surface area (Å²) in [7, 11) is 1.59. The highest BCUT2D eigenvalue weighted by Crippen LogP contribution is 2.39. The average Bonchev–Trinajstić information content (AvgIpc) is 2.91. The Balaban J connectivity index is 1.96. The van der Waals surface area contributed by atoms with Crippen molar-refractivity contribution in [1.82, 2.24) is 0 Å². The molecule has 0 aliphatic carbocycles. The van der Waals surface area contributed by atoms with E-state index in [9.17, 15) is 4.79 Å². The Bertz CT molecular complexity index is 947. The molecule has 1 amide bonds. The summed E-state index contributed by atoms with van der Waals surface area (Å²) >= 11 is 13.7. The molecule has 1 aliphatic rings. The number of thiocarbonyl (C=S) groups is 1. The third kappa shape index (κ3) is 4.39. The average molecular weight is 529 g/mol. The van der Waals surface area contributed by atoms with Gasteiger partial charge in [0.25, 0.3) is 5.91 Å². The minimum Gasteiger partial charge on any atom is -0.493 e. The summed E-state index contributed by atoms with van der Waals surface area (Å²) in [6.45, 7) is 2.45. The van der Waals surface area contributed by atoms with Gasteiger partial charge in [-0.25, -0.2) is 0 Å². The third-order valence-electron chi connectivity index (χ3n) is 3.73. The highest BCUT2D eigenvalue weighted by Gasteiger charge is 2.33. The molecule has 27 heavy (non-hydrogen) atoms. The van der Waals surface area contributed by atoms with Crippen LogP contribution in [0.25, 0.3) is 6.08 Å². The summed E-state index contributed by atoms with van der Waals surface area (Å²) in [5, 5.41) is 0. The van der Waals surface area contributed by atoms with Crippen LogP contribution < -0.4 is 14.4 Å². The summed E-state index contributed by atoms with van der Waals surface area (Å²) in [6.07, 6.45) is 1.81. The Morgan fingerprint density at radius 3 is 2.67 bits per heavy atom. The van der Waals surface area contributed by atoms with E-state index in [0.717, 1.165) is 20.2 Å². The van der Waals surface area contributed by atoms with E-state index in [1.165, 1.54) is 16.7 Å². The van der Waals surface area contributed by atoms with Crippen molar-refractivity contribution >= 4 is 77.8 Å². The number of hydrogen-bond acceptors (Lipinski definition) is 5. The summed E-state index contributed by atoms with van der Waals surface area (Å²) in [5.74, 6) is 1.10. The van der Waals surface area contributed by atoms with E-state index in [1.807, 2.05) is 43.3 Å². The van der Waals surface area contributed by atoms with E-state index in [-0.39, 0.29) is 5.91 Å². The second-order valence-corrected chi connectivity index (χ2v) is 8.90. The van der Waals surface area contributed by atoms with Gasteiger partial charge in [0.15, 0.2) is 15.8 Å². The lowest BCUT2D eigenvalue weighted by atomic mass is 10.1. The fourth-order valence-corrected chi connectivity index (χ4v) is 4.65. The first kappa shape index (κ1) is 20.4. The second kappa shape index (κ2) is 8.77. The number of amides is 1. The van der Waals surface area contributed by atoms with E-state index in [4.69, 9.17) is 21.7 Å². The highest BCUT2D eigenvalue weighted by molar-refractivity contribution is 9.10. The van der Waals surface area contributed by atoms with Crippen LogP contribution in [-0.2, 0) is 4.79 Å². The van der Waals surface area contributed by atoms with Crippen LogP contribution in [0.2, 0.25) is 0 Å². The van der Waals surface area contributed by atoms with Crippen LogP contribution in [0.15, 0.2) is 50.2 Å². The molecule has 1 saturated heterocycles. The van der Waals surface area contributed by atoms with Crippen molar-refractivity contribution < 1.29 is 14.3 Å². The minimum atomic E-state index is -0.150. The first-order valence-electron chi connectivity index (χ1n) is 7.98. The maximum absolute atomic E-state index is 12.9. The van der Waals surface area contributed by atoms with Gasteiger partial charge in [0.05, 0.1) is 24.3 Å². The quantitative estimate of drug-likeness (QED) is 0.350. The number of carbonyl (C=O) groups excluding carboxylic acids is 1.